The van der Waals surface area contributed by atoms with Crippen molar-refractivity contribution in [3.05, 3.63) is 31.8 Å². The monoisotopic (exact) mass is 423 g/mol. The van der Waals surface area contributed by atoms with E-state index >= 15 is 0 Å². The molecule has 2 rings (SSSR count). The Morgan fingerprint density at radius 3 is 3.11 bits per heavy atom. The molecule has 0 spiro atoms. The van der Waals surface area contributed by atoms with Gasteiger partial charge in [0.15, 0.2) is 0 Å². The number of nitrogens with zero attached hydrogens (tertiary/aromatic N) is 1. The Balaban J connectivity index is 2.26. The fourth-order valence-corrected chi connectivity index (χ4v) is 3.00. The van der Waals surface area contributed by atoms with E-state index < -0.39 is 0 Å². The predicted molar refractivity (Wildman–Crippen MR) is 82.8 cm³/mol. The lowest BCUT2D eigenvalue weighted by atomic mass is 10.1. The highest BCUT2D eigenvalue weighted by Gasteiger charge is 2.27. The maximum absolute atomic E-state index is 12.6. The van der Waals surface area contributed by atoms with E-state index in [0.717, 1.165) is 20.0 Å². The molecule has 3 nitrogen and oxygen atoms in total. The van der Waals surface area contributed by atoms with Crippen LogP contribution in [0.5, 0.6) is 0 Å². The summed E-state index contributed by atoms with van der Waals surface area (Å²) in [6.07, 6.45) is 0.927. The third-order valence-electron chi connectivity index (χ3n) is 3.12. The largest absolute Gasteiger partial charge is 0.377 e. The highest BCUT2D eigenvalue weighted by Crippen LogP contribution is 2.22. The van der Waals surface area contributed by atoms with Gasteiger partial charge in [0.1, 0.15) is 0 Å². The van der Waals surface area contributed by atoms with Crippen LogP contribution in [0, 0.1) is 3.57 Å². The second-order valence-electron chi connectivity index (χ2n) is 4.26. The number of amides is 1. The Bertz CT molecular complexity index is 453. The number of hydrogen-bond donors (Lipinski definition) is 0. The third-order valence-corrected chi connectivity index (χ3v) is 4.55. The first-order chi connectivity index (χ1) is 8.63. The van der Waals surface area contributed by atoms with Gasteiger partial charge < -0.3 is 9.64 Å². The summed E-state index contributed by atoms with van der Waals surface area (Å²) in [7, 11) is 0. The van der Waals surface area contributed by atoms with Crippen molar-refractivity contribution in [3.63, 3.8) is 0 Å². The number of rotatable bonds is 2. The number of carbonyl (C=O) groups excluding carboxylic acids is 1. The number of morpholine rings is 1. The molecule has 5 heteroatoms. The molecule has 0 aliphatic carbocycles. The summed E-state index contributed by atoms with van der Waals surface area (Å²) >= 11 is 5.63. The number of hydrogen-bond acceptors (Lipinski definition) is 2. The maximum Gasteiger partial charge on any atom is 0.255 e. The van der Waals surface area contributed by atoms with Crippen LogP contribution < -0.4 is 0 Å². The SMILES string of the molecule is CCC1COCCN1C(=O)c1cc(Br)ccc1I. The summed E-state index contributed by atoms with van der Waals surface area (Å²) < 4.78 is 7.36. The van der Waals surface area contributed by atoms with Crippen molar-refractivity contribution < 1.29 is 9.53 Å². The van der Waals surface area contributed by atoms with E-state index in [9.17, 15) is 4.79 Å². The third kappa shape index (κ3) is 3.05. The van der Waals surface area contributed by atoms with Crippen LogP contribution in [0.2, 0.25) is 0 Å². The van der Waals surface area contributed by atoms with Crippen LogP contribution in [0.1, 0.15) is 23.7 Å². The van der Waals surface area contributed by atoms with Crippen LogP contribution in [-0.4, -0.2) is 36.6 Å². The van der Waals surface area contributed by atoms with Crippen LogP contribution in [0.15, 0.2) is 22.7 Å². The van der Waals surface area contributed by atoms with Gasteiger partial charge in [-0.3, -0.25) is 4.79 Å². The Morgan fingerprint density at radius 2 is 2.39 bits per heavy atom. The smallest absolute Gasteiger partial charge is 0.255 e. The molecule has 0 N–H and O–H groups in total. The van der Waals surface area contributed by atoms with E-state index in [1.54, 1.807) is 0 Å². The minimum Gasteiger partial charge on any atom is -0.377 e. The van der Waals surface area contributed by atoms with E-state index in [4.69, 9.17) is 4.74 Å². The Hall–Kier alpha value is -0.140. The second kappa shape index (κ2) is 6.34. The molecule has 18 heavy (non-hydrogen) atoms. The highest BCUT2D eigenvalue weighted by atomic mass is 127. The molecule has 1 amide bonds. The maximum atomic E-state index is 12.6. The van der Waals surface area contributed by atoms with Gasteiger partial charge in [-0.25, -0.2) is 0 Å². The standard InChI is InChI=1S/C13H15BrINO2/c1-2-10-8-18-6-5-16(10)13(17)11-7-9(14)3-4-12(11)15/h3-4,7,10H,2,5-6,8H2,1H3. The highest BCUT2D eigenvalue weighted by molar-refractivity contribution is 14.1. The summed E-state index contributed by atoms with van der Waals surface area (Å²) in [4.78, 5) is 14.5. The van der Waals surface area contributed by atoms with Gasteiger partial charge in [-0.2, -0.15) is 0 Å². The van der Waals surface area contributed by atoms with E-state index in [1.807, 2.05) is 23.1 Å². The Labute approximate surface area is 129 Å². The lowest BCUT2D eigenvalue weighted by molar-refractivity contribution is -0.00285. The van der Waals surface area contributed by atoms with Crippen LogP contribution >= 0.6 is 38.5 Å². The first-order valence-electron chi connectivity index (χ1n) is 5.97. The van der Waals surface area contributed by atoms with Gasteiger partial charge in [0.25, 0.3) is 5.91 Å². The number of ether oxygens (including phenoxy) is 1. The van der Waals surface area contributed by atoms with Gasteiger partial charge in [-0.05, 0) is 47.2 Å². The number of benzene rings is 1. The van der Waals surface area contributed by atoms with E-state index in [-0.39, 0.29) is 11.9 Å². The molecule has 1 aromatic carbocycles. The van der Waals surface area contributed by atoms with Gasteiger partial charge in [-0.1, -0.05) is 22.9 Å². The first kappa shape index (κ1) is 14.3. The fourth-order valence-electron chi connectivity index (χ4n) is 2.08. The summed E-state index contributed by atoms with van der Waals surface area (Å²) in [5.41, 5.74) is 0.769. The molecule has 0 saturated carbocycles. The molecule has 1 aliphatic rings. The summed E-state index contributed by atoms with van der Waals surface area (Å²) in [5.74, 6) is 0.107. The summed E-state index contributed by atoms with van der Waals surface area (Å²) in [6, 6.07) is 6.00. The van der Waals surface area contributed by atoms with E-state index in [0.29, 0.717) is 19.8 Å². The van der Waals surface area contributed by atoms with Crippen LogP contribution in [0.4, 0.5) is 0 Å². The minimum absolute atomic E-state index is 0.107. The summed E-state index contributed by atoms with van der Waals surface area (Å²) in [6.45, 7) is 4.05. The predicted octanol–water partition coefficient (Wildman–Crippen LogP) is 3.30. The molecule has 1 saturated heterocycles. The van der Waals surface area contributed by atoms with Gasteiger partial charge in [0.05, 0.1) is 24.8 Å². The second-order valence-corrected chi connectivity index (χ2v) is 6.34. The molecular formula is C13H15BrINO2. The van der Waals surface area contributed by atoms with Gasteiger partial charge in [0, 0.05) is 14.6 Å². The first-order valence-corrected chi connectivity index (χ1v) is 7.84. The van der Waals surface area contributed by atoms with Crippen molar-refractivity contribution >= 4 is 44.4 Å². The molecule has 98 valence electrons. The molecule has 0 radical (unpaired) electrons. The zero-order chi connectivity index (χ0) is 13.1. The van der Waals surface area contributed by atoms with Crippen molar-refractivity contribution in [1.82, 2.24) is 4.90 Å². The van der Waals surface area contributed by atoms with Gasteiger partial charge in [-0.15, -0.1) is 0 Å². The zero-order valence-electron chi connectivity index (χ0n) is 10.2. The molecule has 1 aromatic rings. The van der Waals surface area contributed by atoms with E-state index in [1.165, 1.54) is 0 Å². The van der Waals surface area contributed by atoms with Crippen molar-refractivity contribution in [3.8, 4) is 0 Å². The fraction of sp³-hybridized carbons (Fsp3) is 0.462. The Morgan fingerprint density at radius 1 is 1.61 bits per heavy atom. The van der Waals surface area contributed by atoms with Gasteiger partial charge >= 0.3 is 0 Å². The average Bonchev–Trinajstić information content (AvgIpc) is 2.40. The molecule has 0 bridgehead atoms. The normalized spacial score (nSPS) is 19.9. The molecule has 1 fully saturated rings. The Kier molecular flexibility index (Phi) is 5.03. The quantitative estimate of drug-likeness (QED) is 0.683. The number of carbonyl (C=O) groups is 1. The van der Waals surface area contributed by atoms with Crippen molar-refractivity contribution in [1.29, 1.82) is 0 Å². The van der Waals surface area contributed by atoms with Crippen LogP contribution in [-0.2, 0) is 4.74 Å². The molecule has 1 heterocycles. The van der Waals surface area contributed by atoms with Crippen LogP contribution in [0.3, 0.4) is 0 Å². The average molecular weight is 424 g/mol. The van der Waals surface area contributed by atoms with E-state index in [2.05, 4.69) is 45.4 Å². The topological polar surface area (TPSA) is 29.5 Å². The van der Waals surface area contributed by atoms with Crippen molar-refractivity contribution in [2.24, 2.45) is 0 Å². The molecule has 0 aromatic heterocycles. The molecule has 1 unspecified atom stereocenters. The molecule has 1 aliphatic heterocycles. The molecular weight excluding hydrogens is 409 g/mol. The number of halogens is 2. The van der Waals surface area contributed by atoms with Gasteiger partial charge in [0.2, 0.25) is 0 Å². The lowest BCUT2D eigenvalue weighted by Crippen LogP contribution is -2.48. The molecule has 1 atom stereocenters. The van der Waals surface area contributed by atoms with Crippen molar-refractivity contribution in [2.45, 2.75) is 19.4 Å². The zero-order valence-corrected chi connectivity index (χ0v) is 13.9. The van der Waals surface area contributed by atoms with Crippen LogP contribution in [0.25, 0.3) is 0 Å². The summed E-state index contributed by atoms with van der Waals surface area (Å²) in [5, 5.41) is 0. The minimum atomic E-state index is 0.107. The van der Waals surface area contributed by atoms with Crippen molar-refractivity contribution in [2.75, 3.05) is 19.8 Å². The lowest BCUT2D eigenvalue weighted by Gasteiger charge is -2.35.